The number of aromatic nitrogens is 2. The minimum atomic E-state index is -0.274. The molecule has 1 aromatic carbocycles. The molecule has 19 heavy (non-hydrogen) atoms. The number of nitrogens with zero attached hydrogens (tertiary/aromatic N) is 2. The topological polar surface area (TPSA) is 17.8 Å². The predicted octanol–water partition coefficient (Wildman–Crippen LogP) is 5.11. The lowest BCUT2D eigenvalue weighted by Crippen LogP contribution is -2.20. The maximum Gasteiger partial charge on any atom is 0.139 e. The zero-order valence-electron chi connectivity index (χ0n) is 11.3. The highest BCUT2D eigenvalue weighted by atomic mass is 79.9. The number of halogens is 3. The van der Waals surface area contributed by atoms with Crippen molar-refractivity contribution < 1.29 is 4.39 Å². The van der Waals surface area contributed by atoms with Crippen LogP contribution in [0.4, 0.5) is 4.39 Å². The van der Waals surface area contributed by atoms with E-state index in [1.807, 2.05) is 4.57 Å². The van der Waals surface area contributed by atoms with Crippen LogP contribution in [0, 0.1) is 11.2 Å². The average Bonchev–Trinajstić information content (AvgIpc) is 2.67. The van der Waals surface area contributed by atoms with Crippen molar-refractivity contribution in [2.24, 2.45) is 5.41 Å². The van der Waals surface area contributed by atoms with Gasteiger partial charge in [-0.1, -0.05) is 20.8 Å². The van der Waals surface area contributed by atoms with Gasteiger partial charge >= 0.3 is 0 Å². The van der Waals surface area contributed by atoms with Gasteiger partial charge in [-0.05, 0) is 33.8 Å². The number of hydrogen-bond donors (Lipinski definition) is 0. The molecule has 5 heteroatoms. The van der Waals surface area contributed by atoms with Crippen LogP contribution in [0.3, 0.4) is 0 Å². The third kappa shape index (κ3) is 2.95. The molecule has 2 aromatic rings. The van der Waals surface area contributed by atoms with E-state index in [9.17, 15) is 4.39 Å². The first-order valence-electron chi connectivity index (χ1n) is 6.28. The monoisotopic (exact) mass is 346 g/mol. The molecule has 0 bridgehead atoms. The fourth-order valence-corrected chi connectivity index (χ4v) is 2.52. The molecule has 0 radical (unpaired) electrons. The minimum absolute atomic E-state index is 0.123. The van der Waals surface area contributed by atoms with Crippen molar-refractivity contribution in [2.75, 3.05) is 0 Å². The van der Waals surface area contributed by atoms with Crippen molar-refractivity contribution in [3.05, 3.63) is 28.2 Å². The summed E-state index contributed by atoms with van der Waals surface area (Å²) in [5, 5.41) is 0. The number of benzene rings is 1. The Labute approximate surface area is 126 Å². The molecule has 0 spiro atoms. The molecule has 0 aliphatic heterocycles. The van der Waals surface area contributed by atoms with Crippen LogP contribution in [0.2, 0.25) is 0 Å². The van der Waals surface area contributed by atoms with Crippen molar-refractivity contribution in [2.45, 2.75) is 39.6 Å². The Morgan fingerprint density at radius 3 is 2.68 bits per heavy atom. The van der Waals surface area contributed by atoms with Crippen molar-refractivity contribution in [1.29, 1.82) is 0 Å². The van der Waals surface area contributed by atoms with E-state index in [2.05, 4.69) is 41.7 Å². The zero-order chi connectivity index (χ0) is 14.2. The highest BCUT2D eigenvalue weighted by Gasteiger charge is 2.20. The van der Waals surface area contributed by atoms with Gasteiger partial charge in [0.05, 0.1) is 21.4 Å². The third-order valence-corrected chi connectivity index (χ3v) is 4.38. The highest BCUT2D eigenvalue weighted by Crippen LogP contribution is 2.29. The van der Waals surface area contributed by atoms with Gasteiger partial charge in [-0.3, -0.25) is 0 Å². The van der Waals surface area contributed by atoms with Gasteiger partial charge in [0, 0.05) is 12.6 Å². The number of rotatable bonds is 4. The molecule has 0 aliphatic rings. The van der Waals surface area contributed by atoms with Crippen LogP contribution in [0.5, 0.6) is 0 Å². The van der Waals surface area contributed by atoms with E-state index in [0.29, 0.717) is 10.4 Å². The van der Waals surface area contributed by atoms with Gasteiger partial charge in [0.2, 0.25) is 0 Å². The molecule has 0 aliphatic carbocycles. The molecule has 0 atom stereocenters. The minimum Gasteiger partial charge on any atom is -0.326 e. The molecule has 2 nitrogen and oxygen atoms in total. The number of hydrogen-bond acceptors (Lipinski definition) is 1. The second-order valence-electron chi connectivity index (χ2n) is 5.52. The van der Waals surface area contributed by atoms with E-state index < -0.39 is 0 Å². The van der Waals surface area contributed by atoms with Gasteiger partial charge in [0.25, 0.3) is 0 Å². The Bertz CT molecular complexity index is 607. The van der Waals surface area contributed by atoms with Crippen molar-refractivity contribution in [3.8, 4) is 0 Å². The summed E-state index contributed by atoms with van der Waals surface area (Å²) in [5.41, 5.74) is 1.70. The maximum atomic E-state index is 13.7. The molecule has 0 saturated heterocycles. The lowest BCUT2D eigenvalue weighted by molar-refractivity contribution is 0.295. The second-order valence-corrected chi connectivity index (χ2v) is 6.64. The zero-order valence-corrected chi connectivity index (χ0v) is 13.6. The lowest BCUT2D eigenvalue weighted by atomic mass is 9.90. The molecule has 0 saturated carbocycles. The second kappa shape index (κ2) is 5.41. The first-order valence-corrected chi connectivity index (χ1v) is 7.61. The molecule has 0 fully saturated rings. The first kappa shape index (κ1) is 14.8. The van der Waals surface area contributed by atoms with Crippen LogP contribution >= 0.6 is 27.5 Å². The fraction of sp³-hybridized carbons (Fsp3) is 0.500. The van der Waals surface area contributed by atoms with Crippen LogP contribution in [-0.2, 0) is 12.4 Å². The summed E-state index contributed by atoms with van der Waals surface area (Å²) in [4.78, 5) is 4.49. The van der Waals surface area contributed by atoms with Gasteiger partial charge < -0.3 is 4.57 Å². The Morgan fingerprint density at radius 1 is 1.42 bits per heavy atom. The maximum absolute atomic E-state index is 13.7. The molecule has 104 valence electrons. The van der Waals surface area contributed by atoms with Crippen LogP contribution in [0.25, 0.3) is 11.0 Å². The van der Waals surface area contributed by atoms with Crippen LogP contribution in [0.1, 0.15) is 33.0 Å². The summed E-state index contributed by atoms with van der Waals surface area (Å²) < 4.78 is 16.2. The largest absolute Gasteiger partial charge is 0.326 e. The van der Waals surface area contributed by atoms with E-state index >= 15 is 0 Å². The molecule has 0 amide bonds. The van der Waals surface area contributed by atoms with Gasteiger partial charge in [-0.15, -0.1) is 11.6 Å². The summed E-state index contributed by atoms with van der Waals surface area (Å²) in [6, 6.07) is 3.23. The van der Waals surface area contributed by atoms with Gasteiger partial charge in [0.1, 0.15) is 11.6 Å². The molecule has 0 N–H and O–H groups in total. The summed E-state index contributed by atoms with van der Waals surface area (Å²) in [5.74, 6) is 0.841. The highest BCUT2D eigenvalue weighted by molar-refractivity contribution is 9.10. The SMILES string of the molecule is CCC(C)(C)Cn1c(CCl)nc2cc(Br)c(F)cc21. The van der Waals surface area contributed by atoms with E-state index in [1.54, 1.807) is 6.07 Å². The molecular formula is C14H17BrClFN2. The fourth-order valence-electron chi connectivity index (χ4n) is 1.99. The van der Waals surface area contributed by atoms with Crippen molar-refractivity contribution >= 4 is 38.6 Å². The third-order valence-electron chi connectivity index (χ3n) is 3.53. The van der Waals surface area contributed by atoms with Crippen LogP contribution in [-0.4, -0.2) is 9.55 Å². The molecule has 1 aromatic heterocycles. The average molecular weight is 348 g/mol. The van der Waals surface area contributed by atoms with Gasteiger partial charge in [0.15, 0.2) is 0 Å². The normalized spacial score (nSPS) is 12.3. The quantitative estimate of drug-likeness (QED) is 0.702. The Balaban J connectivity index is 2.60. The Hall–Kier alpha value is -0.610. The number of alkyl halides is 1. The summed E-state index contributed by atoms with van der Waals surface area (Å²) in [7, 11) is 0. The van der Waals surface area contributed by atoms with Crippen LogP contribution < -0.4 is 0 Å². The first-order chi connectivity index (χ1) is 8.88. The summed E-state index contributed by atoms with van der Waals surface area (Å²) in [6.07, 6.45) is 1.04. The van der Waals surface area contributed by atoms with Crippen molar-refractivity contribution in [3.63, 3.8) is 0 Å². The van der Waals surface area contributed by atoms with E-state index in [-0.39, 0.29) is 11.2 Å². The molecular weight excluding hydrogens is 331 g/mol. The molecule has 1 heterocycles. The lowest BCUT2D eigenvalue weighted by Gasteiger charge is -2.24. The molecule has 2 rings (SSSR count). The predicted molar refractivity (Wildman–Crippen MR) is 81.0 cm³/mol. The van der Waals surface area contributed by atoms with Crippen molar-refractivity contribution in [1.82, 2.24) is 9.55 Å². The van der Waals surface area contributed by atoms with Gasteiger partial charge in [-0.2, -0.15) is 0 Å². The standard InChI is InChI=1S/C14H17BrClFN2/c1-4-14(2,3)8-19-12-6-10(17)9(15)5-11(12)18-13(19)7-16/h5-6H,4,7-8H2,1-3H3. The number of imidazole rings is 1. The number of fused-ring (bicyclic) bond motifs is 1. The Morgan fingerprint density at radius 2 is 2.11 bits per heavy atom. The molecule has 0 unspecified atom stereocenters. The van der Waals surface area contributed by atoms with E-state index in [1.165, 1.54) is 6.07 Å². The Kier molecular flexibility index (Phi) is 4.21. The van der Waals surface area contributed by atoms with E-state index in [0.717, 1.165) is 29.8 Å². The summed E-state index contributed by atoms with van der Waals surface area (Å²) in [6.45, 7) is 7.30. The van der Waals surface area contributed by atoms with Crippen LogP contribution in [0.15, 0.2) is 16.6 Å². The van der Waals surface area contributed by atoms with Gasteiger partial charge in [-0.25, -0.2) is 9.37 Å². The van der Waals surface area contributed by atoms with E-state index in [4.69, 9.17) is 11.6 Å². The summed E-state index contributed by atoms with van der Waals surface area (Å²) >= 11 is 9.16. The smallest absolute Gasteiger partial charge is 0.139 e.